The zero-order chi connectivity index (χ0) is 14.5. The van der Waals surface area contributed by atoms with Gasteiger partial charge in [0.1, 0.15) is 5.82 Å². The minimum atomic E-state index is -0.287. The third-order valence-electron chi connectivity index (χ3n) is 4.35. The van der Waals surface area contributed by atoms with E-state index in [0.717, 1.165) is 13.0 Å². The number of hydrogen-bond donors (Lipinski definition) is 1. The Kier molecular flexibility index (Phi) is 5.11. The fourth-order valence-electron chi connectivity index (χ4n) is 3.20. The van der Waals surface area contributed by atoms with Gasteiger partial charge < -0.3 is 5.73 Å². The molecule has 0 radical (unpaired) electrons. The Morgan fingerprint density at radius 2 is 2.25 bits per heavy atom. The van der Waals surface area contributed by atoms with E-state index in [-0.39, 0.29) is 5.82 Å². The lowest BCUT2D eigenvalue weighted by atomic mass is 10.0. The molecule has 0 spiro atoms. The second-order valence-corrected chi connectivity index (χ2v) is 5.48. The topological polar surface area (TPSA) is 53.0 Å². The molecule has 2 unspecified atom stereocenters. The van der Waals surface area contributed by atoms with E-state index in [0.29, 0.717) is 36.2 Å². The van der Waals surface area contributed by atoms with Crippen molar-refractivity contribution in [3.63, 3.8) is 0 Å². The van der Waals surface area contributed by atoms with Gasteiger partial charge in [0.15, 0.2) is 0 Å². The number of nitriles is 1. The van der Waals surface area contributed by atoms with Crippen molar-refractivity contribution in [1.29, 1.82) is 5.26 Å². The number of nitrogens with zero attached hydrogens (tertiary/aromatic N) is 2. The molecule has 4 heteroatoms. The third-order valence-corrected chi connectivity index (χ3v) is 4.35. The first-order chi connectivity index (χ1) is 9.69. The summed E-state index contributed by atoms with van der Waals surface area (Å²) in [6.45, 7) is 4.29. The fourth-order valence-corrected chi connectivity index (χ4v) is 3.20. The molecular weight excluding hydrogens is 253 g/mol. The van der Waals surface area contributed by atoms with E-state index >= 15 is 0 Å². The van der Waals surface area contributed by atoms with Crippen LogP contribution in [0, 0.1) is 23.1 Å². The molecule has 1 aromatic carbocycles. The molecule has 0 amide bonds. The molecule has 1 aromatic rings. The summed E-state index contributed by atoms with van der Waals surface area (Å²) in [5.41, 5.74) is 6.87. The first-order valence-corrected chi connectivity index (χ1v) is 7.32. The summed E-state index contributed by atoms with van der Waals surface area (Å²) >= 11 is 0. The van der Waals surface area contributed by atoms with Crippen molar-refractivity contribution in [1.82, 2.24) is 4.90 Å². The molecule has 1 aliphatic carbocycles. The lowest BCUT2D eigenvalue weighted by molar-refractivity contribution is 0.160. The SMILES string of the molecule is CCN(Cc1ccc(C#N)cc1F)C1CCCC1CN. The van der Waals surface area contributed by atoms with Gasteiger partial charge in [0.2, 0.25) is 0 Å². The van der Waals surface area contributed by atoms with Crippen LogP contribution in [0.25, 0.3) is 0 Å². The molecule has 0 aliphatic heterocycles. The number of rotatable bonds is 5. The summed E-state index contributed by atoms with van der Waals surface area (Å²) < 4.78 is 14.0. The van der Waals surface area contributed by atoms with Crippen molar-refractivity contribution in [3.05, 3.63) is 35.1 Å². The van der Waals surface area contributed by atoms with Crippen molar-refractivity contribution in [2.45, 2.75) is 38.8 Å². The maximum absolute atomic E-state index is 14.0. The van der Waals surface area contributed by atoms with Gasteiger partial charge in [-0.3, -0.25) is 4.90 Å². The van der Waals surface area contributed by atoms with Crippen LogP contribution in [-0.2, 0) is 6.54 Å². The highest BCUT2D eigenvalue weighted by atomic mass is 19.1. The van der Waals surface area contributed by atoms with Crippen molar-refractivity contribution in [2.75, 3.05) is 13.1 Å². The van der Waals surface area contributed by atoms with Crippen molar-refractivity contribution in [3.8, 4) is 6.07 Å². The van der Waals surface area contributed by atoms with Crippen molar-refractivity contribution in [2.24, 2.45) is 11.7 Å². The Labute approximate surface area is 120 Å². The van der Waals surface area contributed by atoms with Crippen LogP contribution in [0.4, 0.5) is 4.39 Å². The normalized spacial score (nSPS) is 22.1. The average molecular weight is 275 g/mol. The molecule has 2 N–H and O–H groups in total. The molecule has 0 aromatic heterocycles. The Balaban J connectivity index is 2.12. The highest BCUT2D eigenvalue weighted by molar-refractivity contribution is 5.32. The molecule has 1 saturated carbocycles. The quantitative estimate of drug-likeness (QED) is 0.898. The standard InChI is InChI=1S/C16H22FN3/c1-2-20(16-5-3-4-13(16)10-19)11-14-7-6-12(9-18)8-15(14)17/h6-8,13,16H,2-5,10-11,19H2,1H3. The van der Waals surface area contributed by atoms with Crippen LogP contribution in [-0.4, -0.2) is 24.0 Å². The number of benzene rings is 1. The molecule has 0 heterocycles. The Morgan fingerprint density at radius 3 is 2.85 bits per heavy atom. The van der Waals surface area contributed by atoms with Crippen molar-refractivity contribution >= 4 is 0 Å². The van der Waals surface area contributed by atoms with Crippen LogP contribution in [0.2, 0.25) is 0 Å². The molecule has 2 atom stereocenters. The van der Waals surface area contributed by atoms with E-state index in [2.05, 4.69) is 11.8 Å². The van der Waals surface area contributed by atoms with Crippen molar-refractivity contribution < 1.29 is 4.39 Å². The summed E-state index contributed by atoms with van der Waals surface area (Å²) in [6, 6.07) is 7.15. The van der Waals surface area contributed by atoms with Crippen LogP contribution in [0.5, 0.6) is 0 Å². The van der Waals surface area contributed by atoms with Gasteiger partial charge in [0.05, 0.1) is 11.6 Å². The van der Waals surface area contributed by atoms with E-state index in [4.69, 9.17) is 11.0 Å². The van der Waals surface area contributed by atoms with Crippen LogP contribution >= 0.6 is 0 Å². The maximum Gasteiger partial charge on any atom is 0.129 e. The molecule has 0 bridgehead atoms. The largest absolute Gasteiger partial charge is 0.330 e. The molecule has 2 rings (SSSR count). The second-order valence-electron chi connectivity index (χ2n) is 5.48. The number of halogens is 1. The average Bonchev–Trinajstić information content (AvgIpc) is 2.94. The molecule has 3 nitrogen and oxygen atoms in total. The minimum absolute atomic E-state index is 0.287. The van der Waals surface area contributed by atoms with E-state index in [1.165, 1.54) is 18.9 Å². The van der Waals surface area contributed by atoms with Gasteiger partial charge >= 0.3 is 0 Å². The summed E-state index contributed by atoms with van der Waals surface area (Å²) in [5, 5.41) is 8.78. The predicted molar refractivity (Wildman–Crippen MR) is 77.4 cm³/mol. The molecular formula is C16H22FN3. The van der Waals surface area contributed by atoms with Crippen LogP contribution in [0.3, 0.4) is 0 Å². The van der Waals surface area contributed by atoms with Gasteiger partial charge in [0, 0.05) is 18.2 Å². The highest BCUT2D eigenvalue weighted by Crippen LogP contribution is 2.30. The van der Waals surface area contributed by atoms with Gasteiger partial charge in [-0.05, 0) is 44.0 Å². The zero-order valence-corrected chi connectivity index (χ0v) is 12.0. The van der Waals surface area contributed by atoms with Crippen LogP contribution in [0.1, 0.15) is 37.3 Å². The number of hydrogen-bond acceptors (Lipinski definition) is 3. The van der Waals surface area contributed by atoms with Gasteiger partial charge in [-0.2, -0.15) is 5.26 Å². The van der Waals surface area contributed by atoms with E-state index < -0.39 is 0 Å². The third kappa shape index (κ3) is 3.17. The van der Waals surface area contributed by atoms with Gasteiger partial charge in [-0.25, -0.2) is 4.39 Å². The molecule has 20 heavy (non-hydrogen) atoms. The summed E-state index contributed by atoms with van der Waals surface area (Å²) in [5.74, 6) is 0.237. The summed E-state index contributed by atoms with van der Waals surface area (Å²) in [6.07, 6.45) is 3.53. The van der Waals surface area contributed by atoms with E-state index in [9.17, 15) is 4.39 Å². The smallest absolute Gasteiger partial charge is 0.129 e. The molecule has 108 valence electrons. The molecule has 1 aliphatic rings. The van der Waals surface area contributed by atoms with Gasteiger partial charge in [0.25, 0.3) is 0 Å². The molecule has 1 fully saturated rings. The van der Waals surface area contributed by atoms with Gasteiger partial charge in [-0.1, -0.05) is 19.4 Å². The van der Waals surface area contributed by atoms with E-state index in [1.807, 2.05) is 6.07 Å². The van der Waals surface area contributed by atoms with Crippen LogP contribution < -0.4 is 5.73 Å². The summed E-state index contributed by atoms with van der Waals surface area (Å²) in [7, 11) is 0. The van der Waals surface area contributed by atoms with Crippen LogP contribution in [0.15, 0.2) is 18.2 Å². The lowest BCUT2D eigenvalue weighted by Crippen LogP contribution is -2.40. The first-order valence-electron chi connectivity index (χ1n) is 7.32. The predicted octanol–water partition coefficient (Wildman–Crippen LogP) is 2.65. The zero-order valence-electron chi connectivity index (χ0n) is 12.0. The maximum atomic E-state index is 14.0. The molecule has 0 saturated heterocycles. The van der Waals surface area contributed by atoms with E-state index in [1.54, 1.807) is 12.1 Å². The first kappa shape index (κ1) is 15.0. The Bertz CT molecular complexity index is 495. The second kappa shape index (κ2) is 6.83. The van der Waals surface area contributed by atoms with Gasteiger partial charge in [-0.15, -0.1) is 0 Å². The highest BCUT2D eigenvalue weighted by Gasteiger charge is 2.30. The fraction of sp³-hybridized carbons (Fsp3) is 0.562. The summed E-state index contributed by atoms with van der Waals surface area (Å²) in [4.78, 5) is 2.31. The number of nitrogens with two attached hydrogens (primary N) is 1. The Hall–Kier alpha value is -1.44. The lowest BCUT2D eigenvalue weighted by Gasteiger charge is -2.32. The monoisotopic (exact) mass is 275 g/mol. The Morgan fingerprint density at radius 1 is 1.45 bits per heavy atom. The minimum Gasteiger partial charge on any atom is -0.330 e.